The van der Waals surface area contributed by atoms with Gasteiger partial charge in [0.2, 0.25) is 0 Å². The van der Waals surface area contributed by atoms with Crippen molar-refractivity contribution in [1.29, 1.82) is 0 Å². The second-order valence-electron chi connectivity index (χ2n) is 4.57. The van der Waals surface area contributed by atoms with Crippen LogP contribution < -0.4 is 10.1 Å². The van der Waals surface area contributed by atoms with Crippen LogP contribution in [0.15, 0.2) is 18.2 Å². The zero-order chi connectivity index (χ0) is 12.8. The Morgan fingerprint density at radius 3 is 2.83 bits per heavy atom. The van der Waals surface area contributed by atoms with Gasteiger partial charge in [0.25, 0.3) is 0 Å². The first kappa shape index (κ1) is 13.2. The summed E-state index contributed by atoms with van der Waals surface area (Å²) < 4.78 is 5.46. The van der Waals surface area contributed by atoms with Crippen molar-refractivity contribution < 1.29 is 9.84 Å². The maximum atomic E-state index is 9.85. The minimum Gasteiger partial charge on any atom is -0.508 e. The predicted molar refractivity (Wildman–Crippen MR) is 72.3 cm³/mol. The molecule has 0 bridgehead atoms. The zero-order valence-electron chi connectivity index (χ0n) is 11.0. The highest BCUT2D eigenvalue weighted by molar-refractivity contribution is 5.39. The molecule has 1 aromatic carbocycles. The number of ether oxygens (including phenoxy) is 1. The van der Waals surface area contributed by atoms with Crippen LogP contribution in [0.25, 0.3) is 0 Å². The molecule has 2 N–H and O–H groups in total. The summed E-state index contributed by atoms with van der Waals surface area (Å²) in [6.45, 7) is 7.91. The van der Waals surface area contributed by atoms with E-state index in [0.717, 1.165) is 50.5 Å². The van der Waals surface area contributed by atoms with E-state index in [1.807, 2.05) is 19.1 Å². The van der Waals surface area contributed by atoms with Crippen molar-refractivity contribution in [2.24, 2.45) is 0 Å². The van der Waals surface area contributed by atoms with Crippen molar-refractivity contribution in [2.75, 3.05) is 39.3 Å². The fourth-order valence-corrected chi connectivity index (χ4v) is 2.23. The van der Waals surface area contributed by atoms with E-state index in [0.29, 0.717) is 12.4 Å². The van der Waals surface area contributed by atoms with Gasteiger partial charge in [0, 0.05) is 32.7 Å². The number of benzene rings is 1. The average molecular weight is 250 g/mol. The van der Waals surface area contributed by atoms with Gasteiger partial charge in [-0.2, -0.15) is 0 Å². The van der Waals surface area contributed by atoms with E-state index < -0.39 is 0 Å². The van der Waals surface area contributed by atoms with Gasteiger partial charge in [0.15, 0.2) is 0 Å². The number of hydrogen-bond donors (Lipinski definition) is 2. The normalized spacial score (nSPS) is 16.7. The van der Waals surface area contributed by atoms with Crippen molar-refractivity contribution in [3.8, 4) is 11.5 Å². The Bertz CT molecular complexity index is 376. The Labute approximate surface area is 109 Å². The fraction of sp³-hybridized carbons (Fsp3) is 0.571. The molecular formula is C14H22N2O2. The molecule has 0 atom stereocenters. The van der Waals surface area contributed by atoms with Gasteiger partial charge in [-0.15, -0.1) is 0 Å². The summed E-state index contributed by atoms with van der Waals surface area (Å²) in [7, 11) is 0. The van der Waals surface area contributed by atoms with Gasteiger partial charge < -0.3 is 20.1 Å². The fourth-order valence-electron chi connectivity index (χ4n) is 2.23. The minimum absolute atomic E-state index is 0.369. The Hall–Kier alpha value is -1.26. The predicted octanol–water partition coefficient (Wildman–Crippen LogP) is 1.24. The topological polar surface area (TPSA) is 44.7 Å². The number of aromatic hydroxyl groups is 1. The molecule has 1 heterocycles. The number of nitrogens with zero attached hydrogens (tertiary/aromatic N) is 1. The molecule has 0 amide bonds. The third kappa shape index (κ3) is 3.62. The highest BCUT2D eigenvalue weighted by Gasteiger charge is 2.11. The quantitative estimate of drug-likeness (QED) is 0.825. The Morgan fingerprint density at radius 2 is 2.11 bits per heavy atom. The first-order valence-corrected chi connectivity index (χ1v) is 6.67. The molecule has 18 heavy (non-hydrogen) atoms. The van der Waals surface area contributed by atoms with Crippen LogP contribution in [0.3, 0.4) is 0 Å². The Morgan fingerprint density at radius 1 is 1.33 bits per heavy atom. The van der Waals surface area contributed by atoms with Crippen molar-refractivity contribution in [3.63, 3.8) is 0 Å². The van der Waals surface area contributed by atoms with Gasteiger partial charge in [0.05, 0.1) is 6.61 Å². The first-order valence-electron chi connectivity index (χ1n) is 6.67. The SMILES string of the molecule is CCOc1ccc(O)c(CCN2CCNCC2)c1. The van der Waals surface area contributed by atoms with Gasteiger partial charge in [-0.3, -0.25) is 0 Å². The summed E-state index contributed by atoms with van der Waals surface area (Å²) in [5, 5.41) is 13.2. The summed E-state index contributed by atoms with van der Waals surface area (Å²) >= 11 is 0. The molecule has 1 saturated heterocycles. The molecule has 0 aromatic heterocycles. The van der Waals surface area contributed by atoms with Crippen LogP contribution in [0.1, 0.15) is 12.5 Å². The largest absolute Gasteiger partial charge is 0.508 e. The maximum Gasteiger partial charge on any atom is 0.119 e. The number of hydrogen-bond acceptors (Lipinski definition) is 4. The van der Waals surface area contributed by atoms with E-state index in [2.05, 4.69) is 10.2 Å². The molecule has 0 saturated carbocycles. The number of rotatable bonds is 5. The second kappa shape index (κ2) is 6.61. The van der Waals surface area contributed by atoms with E-state index in [1.165, 1.54) is 0 Å². The zero-order valence-corrected chi connectivity index (χ0v) is 11.0. The number of phenolic OH excluding ortho intramolecular Hbond substituents is 1. The number of phenols is 1. The molecule has 100 valence electrons. The van der Waals surface area contributed by atoms with Crippen LogP contribution in [0.2, 0.25) is 0 Å². The van der Waals surface area contributed by atoms with Crippen LogP contribution >= 0.6 is 0 Å². The van der Waals surface area contributed by atoms with Gasteiger partial charge in [0.1, 0.15) is 11.5 Å². The Kier molecular flexibility index (Phi) is 4.84. The molecule has 1 aliphatic rings. The lowest BCUT2D eigenvalue weighted by Crippen LogP contribution is -2.44. The van der Waals surface area contributed by atoms with Crippen LogP contribution in [0, 0.1) is 0 Å². The van der Waals surface area contributed by atoms with Crippen LogP contribution in [-0.2, 0) is 6.42 Å². The van der Waals surface area contributed by atoms with Crippen molar-refractivity contribution in [1.82, 2.24) is 10.2 Å². The highest BCUT2D eigenvalue weighted by atomic mass is 16.5. The van der Waals surface area contributed by atoms with E-state index >= 15 is 0 Å². The van der Waals surface area contributed by atoms with E-state index in [4.69, 9.17) is 4.74 Å². The molecule has 0 radical (unpaired) electrons. The molecule has 1 aromatic rings. The minimum atomic E-state index is 0.369. The Balaban J connectivity index is 1.92. The smallest absolute Gasteiger partial charge is 0.119 e. The van der Waals surface area contributed by atoms with Crippen LogP contribution in [-0.4, -0.2) is 49.3 Å². The van der Waals surface area contributed by atoms with E-state index in [-0.39, 0.29) is 0 Å². The molecule has 1 fully saturated rings. The lowest BCUT2D eigenvalue weighted by atomic mass is 10.1. The lowest BCUT2D eigenvalue weighted by molar-refractivity contribution is 0.243. The summed E-state index contributed by atoms with van der Waals surface area (Å²) in [6.07, 6.45) is 0.868. The second-order valence-corrected chi connectivity index (χ2v) is 4.57. The highest BCUT2D eigenvalue weighted by Crippen LogP contribution is 2.23. The van der Waals surface area contributed by atoms with Crippen molar-refractivity contribution in [2.45, 2.75) is 13.3 Å². The molecule has 4 heteroatoms. The standard InChI is InChI=1S/C14H22N2O2/c1-2-18-13-3-4-14(17)12(11-13)5-8-16-9-6-15-7-10-16/h3-4,11,15,17H,2,5-10H2,1H3. The molecule has 1 aliphatic heterocycles. The van der Waals surface area contributed by atoms with Gasteiger partial charge in [-0.1, -0.05) is 0 Å². The monoisotopic (exact) mass is 250 g/mol. The lowest BCUT2D eigenvalue weighted by Gasteiger charge is -2.27. The summed E-state index contributed by atoms with van der Waals surface area (Å²) in [5.41, 5.74) is 0.972. The summed E-state index contributed by atoms with van der Waals surface area (Å²) in [5.74, 6) is 1.21. The summed E-state index contributed by atoms with van der Waals surface area (Å²) in [6, 6.07) is 5.48. The van der Waals surface area contributed by atoms with Crippen LogP contribution in [0.4, 0.5) is 0 Å². The van der Waals surface area contributed by atoms with Crippen molar-refractivity contribution in [3.05, 3.63) is 23.8 Å². The third-order valence-electron chi connectivity index (χ3n) is 3.27. The van der Waals surface area contributed by atoms with Crippen LogP contribution in [0.5, 0.6) is 11.5 Å². The number of piperazine rings is 1. The molecule has 2 rings (SSSR count). The first-order chi connectivity index (χ1) is 8.79. The molecule has 0 aliphatic carbocycles. The van der Waals surface area contributed by atoms with E-state index in [9.17, 15) is 5.11 Å². The summed E-state index contributed by atoms with van der Waals surface area (Å²) in [4.78, 5) is 2.42. The van der Waals surface area contributed by atoms with E-state index in [1.54, 1.807) is 6.07 Å². The number of nitrogens with one attached hydrogen (secondary N) is 1. The molecule has 4 nitrogen and oxygen atoms in total. The molecule has 0 spiro atoms. The average Bonchev–Trinajstić information content (AvgIpc) is 2.41. The third-order valence-corrected chi connectivity index (χ3v) is 3.27. The van der Waals surface area contributed by atoms with Gasteiger partial charge in [-0.05, 0) is 37.1 Å². The van der Waals surface area contributed by atoms with Crippen molar-refractivity contribution >= 4 is 0 Å². The van der Waals surface area contributed by atoms with Gasteiger partial charge >= 0.3 is 0 Å². The molecule has 0 unspecified atom stereocenters. The maximum absolute atomic E-state index is 9.85. The molecular weight excluding hydrogens is 228 g/mol. The van der Waals surface area contributed by atoms with Gasteiger partial charge in [-0.25, -0.2) is 0 Å².